The average molecular weight is 213 g/mol. The van der Waals surface area contributed by atoms with Crippen molar-refractivity contribution in [2.24, 2.45) is 11.7 Å². The second kappa shape index (κ2) is 4.84. The van der Waals surface area contributed by atoms with Gasteiger partial charge in [-0.1, -0.05) is 6.92 Å². The first-order valence-electron chi connectivity index (χ1n) is 5.70. The molecule has 0 aromatic heterocycles. The van der Waals surface area contributed by atoms with Crippen molar-refractivity contribution in [1.82, 2.24) is 10.2 Å². The van der Waals surface area contributed by atoms with Gasteiger partial charge in [-0.2, -0.15) is 0 Å². The summed E-state index contributed by atoms with van der Waals surface area (Å²) in [5.41, 5.74) is 5.47. The van der Waals surface area contributed by atoms with E-state index in [4.69, 9.17) is 5.73 Å². The summed E-state index contributed by atoms with van der Waals surface area (Å²) in [6, 6.07) is 0.0282. The Balaban J connectivity index is 2.29. The molecule has 1 aliphatic heterocycles. The maximum Gasteiger partial charge on any atom is 0.317 e. The van der Waals surface area contributed by atoms with E-state index in [1.54, 1.807) is 0 Å². The minimum Gasteiger partial charge on any atom is -0.336 e. The maximum absolute atomic E-state index is 11.7. The summed E-state index contributed by atoms with van der Waals surface area (Å²) >= 11 is 0. The minimum atomic E-state index is -0.335. The molecule has 0 atom stereocenters. The standard InChI is InChI=1S/C11H23N3O/c1-9-4-6-14(7-5-9)10(15)13-8-11(2,3)12/h9H,4-8,12H2,1-3H3,(H,13,15). The van der Waals surface area contributed by atoms with E-state index in [-0.39, 0.29) is 11.6 Å². The van der Waals surface area contributed by atoms with Crippen LogP contribution in [-0.2, 0) is 0 Å². The molecule has 1 saturated heterocycles. The van der Waals surface area contributed by atoms with Crippen molar-refractivity contribution in [1.29, 1.82) is 0 Å². The minimum absolute atomic E-state index is 0.0282. The molecule has 1 heterocycles. The fourth-order valence-corrected chi connectivity index (χ4v) is 1.63. The molecule has 0 aromatic rings. The molecule has 1 rings (SSSR count). The van der Waals surface area contributed by atoms with Gasteiger partial charge >= 0.3 is 6.03 Å². The number of hydrogen-bond acceptors (Lipinski definition) is 2. The van der Waals surface area contributed by atoms with Crippen LogP contribution in [0, 0.1) is 5.92 Å². The van der Waals surface area contributed by atoms with E-state index < -0.39 is 0 Å². The van der Waals surface area contributed by atoms with E-state index in [1.165, 1.54) is 0 Å². The average Bonchev–Trinajstić information content (AvgIpc) is 2.14. The van der Waals surface area contributed by atoms with E-state index in [1.807, 2.05) is 18.7 Å². The van der Waals surface area contributed by atoms with E-state index in [2.05, 4.69) is 12.2 Å². The quantitative estimate of drug-likeness (QED) is 0.723. The molecule has 0 radical (unpaired) electrons. The van der Waals surface area contributed by atoms with Crippen molar-refractivity contribution in [2.45, 2.75) is 39.2 Å². The van der Waals surface area contributed by atoms with Gasteiger partial charge in [0.1, 0.15) is 0 Å². The Hall–Kier alpha value is -0.770. The zero-order valence-electron chi connectivity index (χ0n) is 10.0. The van der Waals surface area contributed by atoms with Crippen LogP contribution in [0.15, 0.2) is 0 Å². The van der Waals surface area contributed by atoms with Crippen LogP contribution in [0.3, 0.4) is 0 Å². The number of rotatable bonds is 2. The summed E-state index contributed by atoms with van der Waals surface area (Å²) in [6.07, 6.45) is 2.22. The molecule has 1 fully saturated rings. The Labute approximate surface area is 92.2 Å². The summed E-state index contributed by atoms with van der Waals surface area (Å²) in [6.45, 7) is 8.32. The fourth-order valence-electron chi connectivity index (χ4n) is 1.63. The maximum atomic E-state index is 11.7. The van der Waals surface area contributed by atoms with Gasteiger partial charge in [0.2, 0.25) is 0 Å². The normalized spacial score (nSPS) is 19.1. The zero-order chi connectivity index (χ0) is 11.5. The largest absolute Gasteiger partial charge is 0.336 e. The topological polar surface area (TPSA) is 58.4 Å². The number of hydrogen-bond donors (Lipinski definition) is 2. The van der Waals surface area contributed by atoms with Crippen molar-refractivity contribution in [3.8, 4) is 0 Å². The Bertz CT molecular complexity index is 214. The van der Waals surface area contributed by atoms with Crippen molar-refractivity contribution in [3.05, 3.63) is 0 Å². The highest BCUT2D eigenvalue weighted by atomic mass is 16.2. The van der Waals surface area contributed by atoms with Crippen molar-refractivity contribution < 1.29 is 4.79 Å². The third-order valence-electron chi connectivity index (χ3n) is 2.77. The van der Waals surface area contributed by atoms with E-state index in [0.29, 0.717) is 6.54 Å². The smallest absolute Gasteiger partial charge is 0.317 e. The van der Waals surface area contributed by atoms with Crippen LogP contribution >= 0.6 is 0 Å². The molecule has 0 aromatic carbocycles. The molecule has 3 N–H and O–H groups in total. The molecule has 2 amide bonds. The number of nitrogens with one attached hydrogen (secondary N) is 1. The number of likely N-dealkylation sites (tertiary alicyclic amines) is 1. The number of amides is 2. The molecule has 88 valence electrons. The number of piperidine rings is 1. The van der Waals surface area contributed by atoms with Crippen molar-refractivity contribution in [3.63, 3.8) is 0 Å². The van der Waals surface area contributed by atoms with Gasteiger partial charge in [0.15, 0.2) is 0 Å². The van der Waals surface area contributed by atoms with Crippen LogP contribution in [-0.4, -0.2) is 36.1 Å². The SMILES string of the molecule is CC1CCN(C(=O)NCC(C)(C)N)CC1. The van der Waals surface area contributed by atoms with Gasteiger partial charge < -0.3 is 16.0 Å². The predicted octanol–water partition coefficient (Wildman–Crippen LogP) is 1.17. The van der Waals surface area contributed by atoms with Gasteiger partial charge in [-0.25, -0.2) is 4.79 Å². The molecule has 0 spiro atoms. The first-order valence-corrected chi connectivity index (χ1v) is 5.70. The van der Waals surface area contributed by atoms with Gasteiger partial charge in [0.05, 0.1) is 0 Å². The molecular weight excluding hydrogens is 190 g/mol. The van der Waals surface area contributed by atoms with Gasteiger partial charge in [0.25, 0.3) is 0 Å². The second-order valence-corrected chi connectivity index (χ2v) is 5.32. The lowest BCUT2D eigenvalue weighted by Crippen LogP contribution is -2.50. The molecule has 0 saturated carbocycles. The summed E-state index contributed by atoms with van der Waals surface area (Å²) in [4.78, 5) is 13.6. The van der Waals surface area contributed by atoms with Crippen LogP contribution < -0.4 is 11.1 Å². The molecule has 4 nitrogen and oxygen atoms in total. The number of carbonyl (C=O) groups is 1. The van der Waals surface area contributed by atoms with Crippen LogP contribution in [0.2, 0.25) is 0 Å². The lowest BCUT2D eigenvalue weighted by molar-refractivity contribution is 0.172. The van der Waals surface area contributed by atoms with Crippen molar-refractivity contribution in [2.75, 3.05) is 19.6 Å². The number of nitrogens with two attached hydrogens (primary N) is 1. The first-order chi connectivity index (χ1) is 6.88. The highest BCUT2D eigenvalue weighted by molar-refractivity contribution is 5.74. The lowest BCUT2D eigenvalue weighted by Gasteiger charge is -2.31. The molecule has 4 heteroatoms. The monoisotopic (exact) mass is 213 g/mol. The molecule has 0 aliphatic carbocycles. The molecule has 0 bridgehead atoms. The lowest BCUT2D eigenvalue weighted by atomic mass is 10.00. The number of nitrogens with zero attached hydrogens (tertiary/aromatic N) is 1. The van der Waals surface area contributed by atoms with Gasteiger partial charge in [-0.05, 0) is 32.6 Å². The zero-order valence-corrected chi connectivity index (χ0v) is 10.0. The fraction of sp³-hybridized carbons (Fsp3) is 0.909. The molecule has 1 aliphatic rings. The van der Waals surface area contributed by atoms with E-state index in [0.717, 1.165) is 31.8 Å². The highest BCUT2D eigenvalue weighted by Crippen LogP contribution is 2.15. The summed E-state index contributed by atoms with van der Waals surface area (Å²) in [7, 11) is 0. The predicted molar refractivity (Wildman–Crippen MR) is 61.6 cm³/mol. The Kier molecular flexibility index (Phi) is 3.97. The Morgan fingerprint density at radius 3 is 2.47 bits per heavy atom. The number of urea groups is 1. The molecular formula is C11H23N3O. The van der Waals surface area contributed by atoms with Crippen LogP contribution in [0.25, 0.3) is 0 Å². The van der Waals surface area contributed by atoms with Crippen LogP contribution in [0.5, 0.6) is 0 Å². The summed E-state index contributed by atoms with van der Waals surface area (Å²) < 4.78 is 0. The molecule has 15 heavy (non-hydrogen) atoms. The highest BCUT2D eigenvalue weighted by Gasteiger charge is 2.21. The van der Waals surface area contributed by atoms with Gasteiger partial charge in [0, 0.05) is 25.2 Å². The van der Waals surface area contributed by atoms with E-state index in [9.17, 15) is 4.79 Å². The first kappa shape index (κ1) is 12.3. The third kappa shape index (κ3) is 4.51. The third-order valence-corrected chi connectivity index (χ3v) is 2.77. The van der Waals surface area contributed by atoms with Gasteiger partial charge in [-0.3, -0.25) is 0 Å². The second-order valence-electron chi connectivity index (χ2n) is 5.32. The number of carbonyl (C=O) groups excluding carboxylic acids is 1. The summed E-state index contributed by atoms with van der Waals surface area (Å²) in [5.74, 6) is 0.750. The Morgan fingerprint density at radius 1 is 1.47 bits per heavy atom. The van der Waals surface area contributed by atoms with Crippen LogP contribution in [0.1, 0.15) is 33.6 Å². The van der Waals surface area contributed by atoms with Crippen molar-refractivity contribution >= 4 is 6.03 Å². The summed E-state index contributed by atoms with van der Waals surface area (Å²) in [5, 5.41) is 2.87. The van der Waals surface area contributed by atoms with E-state index >= 15 is 0 Å². The Morgan fingerprint density at radius 2 is 2.00 bits per heavy atom. The molecule has 0 unspecified atom stereocenters. The van der Waals surface area contributed by atoms with Crippen LogP contribution in [0.4, 0.5) is 4.79 Å². The van der Waals surface area contributed by atoms with Gasteiger partial charge in [-0.15, -0.1) is 0 Å².